The molecule has 30 heavy (non-hydrogen) atoms. The lowest BCUT2D eigenvalue weighted by atomic mass is 10.0. The van der Waals surface area contributed by atoms with Gasteiger partial charge >= 0.3 is 0 Å². The summed E-state index contributed by atoms with van der Waals surface area (Å²) in [5.74, 6) is 1.35. The van der Waals surface area contributed by atoms with Crippen LogP contribution in [-0.2, 0) is 6.54 Å². The molecule has 0 atom stereocenters. The maximum atomic E-state index is 5.75. The van der Waals surface area contributed by atoms with Crippen LogP contribution in [0.4, 0.5) is 0 Å². The van der Waals surface area contributed by atoms with Gasteiger partial charge in [0.05, 0.1) is 11.4 Å². The molecule has 3 N–H and O–H groups in total. The molecule has 0 radical (unpaired) electrons. The Morgan fingerprint density at radius 1 is 0.767 bits per heavy atom. The summed E-state index contributed by atoms with van der Waals surface area (Å²) in [6.07, 6.45) is 0. The number of nitrogens with one attached hydrogen (secondary N) is 1. The minimum Gasteiger partial charge on any atom is -0.326 e. The van der Waals surface area contributed by atoms with Gasteiger partial charge in [-0.1, -0.05) is 54.6 Å². The highest BCUT2D eigenvalue weighted by atomic mass is 15.2. The van der Waals surface area contributed by atoms with Gasteiger partial charge < -0.3 is 10.7 Å². The van der Waals surface area contributed by atoms with Gasteiger partial charge in [-0.15, -0.1) is 10.2 Å². The first-order valence-corrected chi connectivity index (χ1v) is 9.64. The fourth-order valence-corrected chi connectivity index (χ4v) is 3.33. The fourth-order valence-electron chi connectivity index (χ4n) is 3.33. The molecule has 0 unspecified atom stereocenters. The number of nitrogens with two attached hydrogens (primary N) is 1. The molecule has 0 amide bonds. The Balaban J connectivity index is 1.71. The molecule has 5 rings (SSSR count). The van der Waals surface area contributed by atoms with Crippen LogP contribution in [0.3, 0.4) is 0 Å². The van der Waals surface area contributed by atoms with Crippen LogP contribution in [-0.4, -0.2) is 30.1 Å². The number of H-pyrrole nitrogens is 1. The first kappa shape index (κ1) is 18.1. The molecule has 0 aliphatic rings. The molecule has 0 saturated carbocycles. The van der Waals surface area contributed by atoms with Crippen LogP contribution in [0.2, 0.25) is 0 Å². The van der Waals surface area contributed by atoms with E-state index >= 15 is 0 Å². The number of nitrogens with zero attached hydrogens (tertiary/aromatic N) is 5. The molecule has 0 saturated heterocycles. The third-order valence-corrected chi connectivity index (χ3v) is 4.88. The summed E-state index contributed by atoms with van der Waals surface area (Å²) in [5.41, 5.74) is 12.3. The van der Waals surface area contributed by atoms with Gasteiger partial charge in [0.25, 0.3) is 0 Å². The van der Waals surface area contributed by atoms with Crippen molar-refractivity contribution in [1.82, 2.24) is 30.1 Å². The van der Waals surface area contributed by atoms with Crippen LogP contribution < -0.4 is 5.73 Å². The Morgan fingerprint density at radius 2 is 1.50 bits per heavy atom. The highest BCUT2D eigenvalue weighted by molar-refractivity contribution is 5.85. The first-order valence-electron chi connectivity index (χ1n) is 9.64. The lowest BCUT2D eigenvalue weighted by Crippen LogP contribution is -1.99. The van der Waals surface area contributed by atoms with Crippen molar-refractivity contribution in [2.75, 3.05) is 0 Å². The van der Waals surface area contributed by atoms with E-state index in [0.29, 0.717) is 29.2 Å². The van der Waals surface area contributed by atoms with Gasteiger partial charge in [-0.2, -0.15) is 0 Å². The molecule has 146 valence electrons. The van der Waals surface area contributed by atoms with Crippen LogP contribution in [0.5, 0.6) is 0 Å². The summed E-state index contributed by atoms with van der Waals surface area (Å²) < 4.78 is 0. The zero-order valence-corrected chi connectivity index (χ0v) is 16.4. The second-order valence-electron chi connectivity index (χ2n) is 6.99. The summed E-state index contributed by atoms with van der Waals surface area (Å²) in [6, 6.07) is 21.9. The summed E-state index contributed by atoms with van der Waals surface area (Å²) in [4.78, 5) is 17.6. The number of aromatic amines is 1. The van der Waals surface area contributed by atoms with Crippen molar-refractivity contribution in [3.8, 4) is 34.0 Å². The second kappa shape index (κ2) is 7.46. The number of hydrogen-bond donors (Lipinski definition) is 2. The number of pyridine rings is 1. The van der Waals surface area contributed by atoms with Crippen molar-refractivity contribution in [2.45, 2.75) is 13.5 Å². The molecule has 0 aliphatic carbocycles. The SMILES string of the molecule is Cc1nnc(-c2ccc3nc(-c4ccc(CN)cc4)c(-c4ccccc4)nc3n2)[nH]1. The Kier molecular flexibility index (Phi) is 4.49. The Labute approximate surface area is 173 Å². The topological polar surface area (TPSA) is 106 Å². The molecule has 2 aromatic carbocycles. The molecule has 3 heterocycles. The minimum absolute atomic E-state index is 0.503. The predicted octanol–water partition coefficient (Wildman–Crippen LogP) is 3.91. The summed E-state index contributed by atoms with van der Waals surface area (Å²) in [6.45, 7) is 2.36. The van der Waals surface area contributed by atoms with Crippen molar-refractivity contribution in [1.29, 1.82) is 0 Å². The van der Waals surface area contributed by atoms with Crippen LogP contribution in [0, 0.1) is 6.92 Å². The predicted molar refractivity (Wildman–Crippen MR) is 116 cm³/mol. The van der Waals surface area contributed by atoms with Crippen molar-refractivity contribution < 1.29 is 0 Å². The quantitative estimate of drug-likeness (QED) is 0.479. The molecule has 7 nitrogen and oxygen atoms in total. The number of fused-ring (bicyclic) bond motifs is 1. The highest BCUT2D eigenvalue weighted by Gasteiger charge is 2.15. The van der Waals surface area contributed by atoms with Gasteiger partial charge in [0.15, 0.2) is 11.5 Å². The van der Waals surface area contributed by atoms with E-state index in [9.17, 15) is 0 Å². The standard InChI is InChI=1S/C23H19N7/c1-14-25-23(30-29-14)19-12-11-18-22(27-19)28-21(16-5-3-2-4-6-16)20(26-18)17-9-7-15(13-24)8-10-17/h2-12H,13,24H2,1H3,(H,25,29,30). The van der Waals surface area contributed by atoms with E-state index in [1.807, 2.05) is 73.7 Å². The lowest BCUT2D eigenvalue weighted by Gasteiger charge is -2.11. The van der Waals surface area contributed by atoms with Crippen LogP contribution in [0.25, 0.3) is 45.2 Å². The van der Waals surface area contributed by atoms with Crippen LogP contribution in [0.15, 0.2) is 66.7 Å². The van der Waals surface area contributed by atoms with Crippen molar-refractivity contribution in [2.24, 2.45) is 5.73 Å². The minimum atomic E-state index is 0.503. The molecule has 3 aromatic heterocycles. The van der Waals surface area contributed by atoms with E-state index < -0.39 is 0 Å². The first-order chi connectivity index (χ1) is 14.7. The molecule has 0 bridgehead atoms. The van der Waals surface area contributed by atoms with E-state index in [4.69, 9.17) is 15.7 Å². The highest BCUT2D eigenvalue weighted by Crippen LogP contribution is 2.31. The molecule has 5 aromatic rings. The molecule has 0 aliphatic heterocycles. The number of aromatic nitrogens is 6. The zero-order valence-electron chi connectivity index (χ0n) is 16.4. The third-order valence-electron chi connectivity index (χ3n) is 4.88. The van der Waals surface area contributed by atoms with Gasteiger partial charge in [0, 0.05) is 17.7 Å². The van der Waals surface area contributed by atoms with E-state index in [1.165, 1.54) is 0 Å². The number of aryl methyl sites for hydroxylation is 1. The Bertz CT molecular complexity index is 1330. The van der Waals surface area contributed by atoms with Crippen molar-refractivity contribution in [3.63, 3.8) is 0 Å². The van der Waals surface area contributed by atoms with Crippen LogP contribution in [0.1, 0.15) is 11.4 Å². The van der Waals surface area contributed by atoms with E-state index in [0.717, 1.165) is 33.9 Å². The van der Waals surface area contributed by atoms with Crippen molar-refractivity contribution in [3.05, 3.63) is 78.1 Å². The summed E-state index contributed by atoms with van der Waals surface area (Å²) >= 11 is 0. The van der Waals surface area contributed by atoms with Gasteiger partial charge in [-0.05, 0) is 24.6 Å². The maximum Gasteiger partial charge on any atom is 0.180 e. The smallest absolute Gasteiger partial charge is 0.180 e. The number of hydrogen-bond acceptors (Lipinski definition) is 6. The molecule has 0 spiro atoms. The van der Waals surface area contributed by atoms with Gasteiger partial charge in [0.2, 0.25) is 0 Å². The second-order valence-corrected chi connectivity index (χ2v) is 6.99. The molecule has 0 fully saturated rings. The summed E-state index contributed by atoms with van der Waals surface area (Å²) in [7, 11) is 0. The van der Waals surface area contributed by atoms with E-state index in [1.54, 1.807) is 0 Å². The zero-order chi connectivity index (χ0) is 20.5. The maximum absolute atomic E-state index is 5.75. The monoisotopic (exact) mass is 393 g/mol. The van der Waals surface area contributed by atoms with E-state index in [2.05, 4.69) is 20.2 Å². The third kappa shape index (κ3) is 3.31. The lowest BCUT2D eigenvalue weighted by molar-refractivity contribution is 1.04. The van der Waals surface area contributed by atoms with Crippen LogP contribution >= 0.6 is 0 Å². The molecular formula is C23H19N7. The average molecular weight is 393 g/mol. The average Bonchev–Trinajstić information content (AvgIpc) is 3.25. The van der Waals surface area contributed by atoms with Gasteiger partial charge in [-0.3, -0.25) is 0 Å². The van der Waals surface area contributed by atoms with Gasteiger partial charge in [0.1, 0.15) is 17.0 Å². The van der Waals surface area contributed by atoms with Gasteiger partial charge in [-0.25, -0.2) is 15.0 Å². The molecular weight excluding hydrogens is 374 g/mol. The summed E-state index contributed by atoms with van der Waals surface area (Å²) in [5, 5.41) is 8.14. The Morgan fingerprint density at radius 3 is 2.20 bits per heavy atom. The normalized spacial score (nSPS) is 11.1. The molecule has 7 heteroatoms. The number of benzene rings is 2. The Hall–Kier alpha value is -3.97. The van der Waals surface area contributed by atoms with E-state index in [-0.39, 0.29) is 0 Å². The number of rotatable bonds is 4. The largest absolute Gasteiger partial charge is 0.326 e. The van der Waals surface area contributed by atoms with Crippen molar-refractivity contribution >= 4 is 11.2 Å². The fraction of sp³-hybridized carbons (Fsp3) is 0.0870.